The summed E-state index contributed by atoms with van der Waals surface area (Å²) >= 11 is 6.23. The lowest BCUT2D eigenvalue weighted by atomic mass is 10.1. The number of carbonyl (C=O) groups is 1. The van der Waals surface area contributed by atoms with Gasteiger partial charge in [0.2, 0.25) is 5.95 Å². The number of nitrogens with zero attached hydrogens (tertiary/aromatic N) is 6. The zero-order valence-electron chi connectivity index (χ0n) is 19.2. The first-order valence-corrected chi connectivity index (χ1v) is 11.7. The average Bonchev–Trinajstić information content (AvgIpc) is 3.27. The number of hydrazone groups is 1. The van der Waals surface area contributed by atoms with Gasteiger partial charge >= 0.3 is 0 Å². The fourth-order valence-corrected chi connectivity index (χ4v) is 4.12. The van der Waals surface area contributed by atoms with Gasteiger partial charge in [-0.05, 0) is 24.6 Å². The van der Waals surface area contributed by atoms with E-state index in [2.05, 4.69) is 15.5 Å². The van der Waals surface area contributed by atoms with Crippen molar-refractivity contribution in [2.24, 2.45) is 5.10 Å². The number of Topliss-reactive ketones (excluding diaryl/α,β-unsaturated/α-hetero) is 1. The molecular weight excluding hydrogens is 466 g/mol. The Balaban J connectivity index is 1.48. The molecule has 0 spiro atoms. The minimum absolute atomic E-state index is 0.0474. The Morgan fingerprint density at radius 3 is 2.80 bits per heavy atom. The van der Waals surface area contributed by atoms with Gasteiger partial charge in [0, 0.05) is 18.7 Å². The number of halogens is 1. The zero-order valence-corrected chi connectivity index (χ0v) is 19.9. The Labute approximate surface area is 207 Å². The summed E-state index contributed by atoms with van der Waals surface area (Å²) in [5, 5.41) is 4.79. The molecular formula is C25H24ClN7O2. The first-order chi connectivity index (χ1) is 17.1. The molecule has 178 valence electrons. The van der Waals surface area contributed by atoms with Crippen molar-refractivity contribution in [3.63, 3.8) is 0 Å². The molecule has 5 rings (SSSR count). The number of fused-ring (bicyclic) bond motifs is 1. The number of aromatic nitrogens is 4. The van der Waals surface area contributed by atoms with Crippen molar-refractivity contribution < 1.29 is 9.53 Å². The second kappa shape index (κ2) is 10.2. The maximum atomic E-state index is 13.0. The molecule has 2 aromatic heterocycles. The van der Waals surface area contributed by atoms with Crippen molar-refractivity contribution in [1.29, 1.82) is 0 Å². The van der Waals surface area contributed by atoms with Gasteiger partial charge in [-0.2, -0.15) is 15.1 Å². The molecule has 1 saturated heterocycles. The summed E-state index contributed by atoms with van der Waals surface area (Å²) in [5.74, 6) is 0.860. The van der Waals surface area contributed by atoms with Crippen molar-refractivity contribution in [2.45, 2.75) is 13.5 Å². The molecule has 0 amide bonds. The van der Waals surface area contributed by atoms with Crippen LogP contribution in [0.1, 0.15) is 21.5 Å². The second-order valence-electron chi connectivity index (χ2n) is 8.20. The van der Waals surface area contributed by atoms with Crippen LogP contribution in [-0.4, -0.2) is 57.8 Å². The van der Waals surface area contributed by atoms with Crippen LogP contribution < -0.4 is 10.3 Å². The van der Waals surface area contributed by atoms with E-state index in [0.29, 0.717) is 59.8 Å². The van der Waals surface area contributed by atoms with Gasteiger partial charge < -0.3 is 14.2 Å². The number of morpholine rings is 1. The smallest absolute Gasteiger partial charge is 0.229 e. The fourth-order valence-electron chi connectivity index (χ4n) is 3.88. The molecule has 9 nitrogen and oxygen atoms in total. The number of carbonyl (C=O) groups excluding carboxylic acids is 1. The van der Waals surface area contributed by atoms with Gasteiger partial charge in [-0.15, -0.1) is 0 Å². The highest BCUT2D eigenvalue weighted by Gasteiger charge is 2.20. The number of anilines is 2. The number of rotatable bonds is 7. The van der Waals surface area contributed by atoms with Crippen molar-refractivity contribution in [2.75, 3.05) is 36.6 Å². The topological polar surface area (TPSA) is 97.5 Å². The van der Waals surface area contributed by atoms with Crippen molar-refractivity contribution >= 4 is 46.5 Å². The van der Waals surface area contributed by atoms with Gasteiger partial charge in [-0.1, -0.05) is 53.6 Å². The Morgan fingerprint density at radius 2 is 2.00 bits per heavy atom. The van der Waals surface area contributed by atoms with Gasteiger partial charge in [-0.3, -0.25) is 10.2 Å². The van der Waals surface area contributed by atoms with Crippen LogP contribution in [0.15, 0.2) is 60.0 Å². The van der Waals surface area contributed by atoms with Crippen molar-refractivity contribution in [3.05, 3.63) is 76.6 Å². The molecule has 0 unspecified atom stereocenters. The molecule has 0 saturated carbocycles. The van der Waals surface area contributed by atoms with Crippen LogP contribution in [0.25, 0.3) is 11.2 Å². The third kappa shape index (κ3) is 5.16. The predicted octanol–water partition coefficient (Wildman–Crippen LogP) is 3.95. The van der Waals surface area contributed by atoms with Crippen LogP contribution >= 0.6 is 11.6 Å². The minimum Gasteiger partial charge on any atom is -0.378 e. The van der Waals surface area contributed by atoms with Crippen LogP contribution in [0.2, 0.25) is 5.02 Å². The number of ketones is 1. The summed E-state index contributed by atoms with van der Waals surface area (Å²) in [7, 11) is 0. The van der Waals surface area contributed by atoms with Crippen LogP contribution in [0.3, 0.4) is 0 Å². The molecule has 3 heterocycles. The van der Waals surface area contributed by atoms with Crippen molar-refractivity contribution in [1.82, 2.24) is 19.5 Å². The van der Waals surface area contributed by atoms with E-state index >= 15 is 0 Å². The molecule has 4 aromatic rings. The van der Waals surface area contributed by atoms with Crippen LogP contribution in [0.4, 0.5) is 11.8 Å². The highest BCUT2D eigenvalue weighted by atomic mass is 35.5. The number of hydrogen-bond donors (Lipinski definition) is 1. The molecule has 0 bridgehead atoms. The van der Waals surface area contributed by atoms with Crippen LogP contribution in [0, 0.1) is 6.92 Å². The van der Waals surface area contributed by atoms with E-state index in [-0.39, 0.29) is 12.3 Å². The van der Waals surface area contributed by atoms with E-state index in [4.69, 9.17) is 26.3 Å². The number of imidazole rings is 1. The summed E-state index contributed by atoms with van der Waals surface area (Å²) in [4.78, 5) is 28.9. The molecule has 1 aliphatic rings. The Bertz CT molecular complexity index is 1400. The van der Waals surface area contributed by atoms with E-state index in [1.165, 1.54) is 0 Å². The fraction of sp³-hybridized carbons (Fsp3) is 0.240. The molecule has 0 atom stereocenters. The largest absolute Gasteiger partial charge is 0.378 e. The monoisotopic (exact) mass is 489 g/mol. The molecule has 1 aliphatic heterocycles. The maximum absolute atomic E-state index is 13.0. The molecule has 2 aromatic carbocycles. The standard InChI is InChI=1S/C25H24ClN7O2/c1-17-5-4-6-18(13-17)14-28-31-23-22-24(30-25(29-23)32-9-11-35-12-10-32)33(16-27-22)15-21(34)19-7-2-3-8-20(19)26/h2-8,13-14,16H,9-12,15H2,1H3,(H,29,30,31). The quantitative estimate of drug-likeness (QED) is 0.238. The Hall–Kier alpha value is -3.82. The maximum Gasteiger partial charge on any atom is 0.229 e. The van der Waals surface area contributed by atoms with E-state index in [0.717, 1.165) is 11.1 Å². The molecule has 10 heteroatoms. The zero-order chi connectivity index (χ0) is 24.2. The highest BCUT2D eigenvalue weighted by molar-refractivity contribution is 6.33. The van der Waals surface area contributed by atoms with Gasteiger partial charge in [0.05, 0.1) is 37.3 Å². The number of ether oxygens (including phenoxy) is 1. The summed E-state index contributed by atoms with van der Waals surface area (Å²) in [6, 6.07) is 15.0. The van der Waals surface area contributed by atoms with Gasteiger partial charge in [0.25, 0.3) is 0 Å². The van der Waals surface area contributed by atoms with E-state index in [9.17, 15) is 4.79 Å². The average molecular weight is 490 g/mol. The van der Waals surface area contributed by atoms with Crippen LogP contribution in [-0.2, 0) is 11.3 Å². The SMILES string of the molecule is Cc1cccc(C=NNc2nc(N3CCOCC3)nc3c2ncn3CC(=O)c2ccccc2Cl)c1. The Morgan fingerprint density at radius 1 is 1.17 bits per heavy atom. The lowest BCUT2D eigenvalue weighted by molar-refractivity contribution is 0.0973. The van der Waals surface area contributed by atoms with E-state index < -0.39 is 0 Å². The first-order valence-electron chi connectivity index (χ1n) is 11.3. The predicted molar refractivity (Wildman–Crippen MR) is 137 cm³/mol. The number of benzene rings is 2. The summed E-state index contributed by atoms with van der Waals surface area (Å²) in [6.45, 7) is 4.62. The van der Waals surface area contributed by atoms with Gasteiger partial charge in [0.1, 0.15) is 0 Å². The molecule has 0 aliphatic carbocycles. The Kier molecular flexibility index (Phi) is 6.69. The summed E-state index contributed by atoms with van der Waals surface area (Å²) in [6.07, 6.45) is 3.32. The van der Waals surface area contributed by atoms with Gasteiger partial charge in [-0.25, -0.2) is 4.98 Å². The van der Waals surface area contributed by atoms with Crippen LogP contribution in [0.5, 0.6) is 0 Å². The first kappa shape index (κ1) is 22.9. The summed E-state index contributed by atoms with van der Waals surface area (Å²) < 4.78 is 7.18. The summed E-state index contributed by atoms with van der Waals surface area (Å²) in [5.41, 5.74) is 6.65. The normalized spacial score (nSPS) is 14.1. The number of hydrogen-bond acceptors (Lipinski definition) is 8. The van der Waals surface area contributed by atoms with Gasteiger partial charge in [0.15, 0.2) is 22.8 Å². The lowest BCUT2D eigenvalue weighted by Crippen LogP contribution is -2.37. The van der Waals surface area contributed by atoms with E-state index in [1.807, 2.05) is 36.1 Å². The molecule has 1 fully saturated rings. The number of nitrogens with one attached hydrogen (secondary N) is 1. The molecule has 1 N–H and O–H groups in total. The third-order valence-electron chi connectivity index (χ3n) is 5.66. The third-order valence-corrected chi connectivity index (χ3v) is 5.99. The molecule has 35 heavy (non-hydrogen) atoms. The van der Waals surface area contributed by atoms with Crippen molar-refractivity contribution in [3.8, 4) is 0 Å². The minimum atomic E-state index is -0.131. The highest BCUT2D eigenvalue weighted by Crippen LogP contribution is 2.24. The van der Waals surface area contributed by atoms with E-state index in [1.54, 1.807) is 41.4 Å². The molecule has 0 radical (unpaired) electrons. The second-order valence-corrected chi connectivity index (χ2v) is 8.61. The lowest BCUT2D eigenvalue weighted by Gasteiger charge is -2.27. The number of aryl methyl sites for hydroxylation is 1.